The summed E-state index contributed by atoms with van der Waals surface area (Å²) in [6.45, 7) is 7.10. The third-order valence-corrected chi connectivity index (χ3v) is 4.43. The topological polar surface area (TPSA) is 21.3 Å². The summed E-state index contributed by atoms with van der Waals surface area (Å²) in [5, 5.41) is 3.45. The lowest BCUT2D eigenvalue weighted by molar-refractivity contribution is 0.116. The Bertz CT molecular complexity index is 664. The molecule has 0 radical (unpaired) electrons. The van der Waals surface area contributed by atoms with Gasteiger partial charge < -0.3 is 10.1 Å². The Morgan fingerprint density at radius 1 is 1.10 bits per heavy atom. The second-order valence-electron chi connectivity index (χ2n) is 5.89. The monoisotopic (exact) mass is 331 g/mol. The first-order valence-corrected chi connectivity index (χ1v) is 7.57. The Morgan fingerprint density at radius 3 is 2.55 bits per heavy atom. The van der Waals surface area contributed by atoms with E-state index in [2.05, 4.69) is 72.3 Å². The van der Waals surface area contributed by atoms with Gasteiger partial charge in [-0.2, -0.15) is 0 Å². The molecule has 0 amide bonds. The molecular weight excluding hydrogens is 314 g/mol. The highest BCUT2D eigenvalue weighted by Gasteiger charge is 2.26. The Balaban J connectivity index is 1.99. The second kappa shape index (κ2) is 4.81. The van der Waals surface area contributed by atoms with Crippen molar-refractivity contribution in [2.24, 2.45) is 0 Å². The fourth-order valence-corrected chi connectivity index (χ4v) is 2.73. The van der Waals surface area contributed by atoms with Crippen LogP contribution in [0.15, 0.2) is 40.9 Å². The van der Waals surface area contributed by atoms with E-state index in [0.717, 1.165) is 22.5 Å². The van der Waals surface area contributed by atoms with Gasteiger partial charge in [0.1, 0.15) is 11.4 Å². The molecule has 0 aliphatic carbocycles. The zero-order chi connectivity index (χ0) is 14.3. The Labute approximate surface area is 128 Å². The third kappa shape index (κ3) is 2.55. The van der Waals surface area contributed by atoms with Gasteiger partial charge in [0.05, 0.1) is 12.2 Å². The molecule has 1 aliphatic heterocycles. The molecule has 0 bridgehead atoms. The molecule has 0 spiro atoms. The number of rotatable bonds is 1. The SMILES string of the molecule is Cc1ccc(-c2ccc3c(c2)NCC(C)(C)O3)cc1Br. The molecule has 0 saturated heterocycles. The van der Waals surface area contributed by atoms with E-state index < -0.39 is 0 Å². The molecule has 0 atom stereocenters. The Hall–Kier alpha value is -1.48. The van der Waals surface area contributed by atoms with Crippen LogP contribution in [0.4, 0.5) is 5.69 Å². The van der Waals surface area contributed by atoms with Gasteiger partial charge in [-0.25, -0.2) is 0 Å². The van der Waals surface area contributed by atoms with Gasteiger partial charge in [-0.15, -0.1) is 0 Å². The highest BCUT2D eigenvalue weighted by atomic mass is 79.9. The maximum absolute atomic E-state index is 5.98. The van der Waals surface area contributed by atoms with Crippen LogP contribution in [-0.2, 0) is 0 Å². The van der Waals surface area contributed by atoms with E-state index in [0.29, 0.717) is 0 Å². The van der Waals surface area contributed by atoms with Crippen LogP contribution in [0, 0.1) is 6.92 Å². The first kappa shape index (κ1) is 13.5. The highest BCUT2D eigenvalue weighted by molar-refractivity contribution is 9.10. The van der Waals surface area contributed by atoms with Crippen molar-refractivity contribution in [2.45, 2.75) is 26.4 Å². The van der Waals surface area contributed by atoms with Crippen molar-refractivity contribution < 1.29 is 4.74 Å². The molecule has 0 aromatic heterocycles. The highest BCUT2D eigenvalue weighted by Crippen LogP contribution is 2.36. The number of ether oxygens (including phenoxy) is 1. The summed E-state index contributed by atoms with van der Waals surface area (Å²) in [7, 11) is 0. The number of hydrogen-bond donors (Lipinski definition) is 1. The maximum Gasteiger partial charge on any atom is 0.143 e. The molecule has 1 N–H and O–H groups in total. The van der Waals surface area contributed by atoms with E-state index in [1.807, 2.05) is 6.07 Å². The van der Waals surface area contributed by atoms with Crippen molar-refractivity contribution in [1.82, 2.24) is 0 Å². The average Bonchev–Trinajstić information content (AvgIpc) is 2.40. The van der Waals surface area contributed by atoms with Crippen molar-refractivity contribution in [2.75, 3.05) is 11.9 Å². The van der Waals surface area contributed by atoms with Gasteiger partial charge in [0.25, 0.3) is 0 Å². The van der Waals surface area contributed by atoms with Crippen LogP contribution in [0.2, 0.25) is 0 Å². The van der Waals surface area contributed by atoms with Crippen LogP contribution in [0.25, 0.3) is 11.1 Å². The van der Waals surface area contributed by atoms with Gasteiger partial charge in [0.2, 0.25) is 0 Å². The summed E-state index contributed by atoms with van der Waals surface area (Å²) in [5.41, 5.74) is 4.56. The van der Waals surface area contributed by atoms with Gasteiger partial charge in [0.15, 0.2) is 0 Å². The number of fused-ring (bicyclic) bond motifs is 1. The van der Waals surface area contributed by atoms with Crippen LogP contribution in [0.5, 0.6) is 5.75 Å². The summed E-state index contributed by atoms with van der Waals surface area (Å²) in [6, 6.07) is 12.7. The van der Waals surface area contributed by atoms with Crippen molar-refractivity contribution in [3.8, 4) is 16.9 Å². The van der Waals surface area contributed by atoms with Gasteiger partial charge in [-0.05, 0) is 55.7 Å². The molecule has 2 nitrogen and oxygen atoms in total. The van der Waals surface area contributed by atoms with E-state index in [9.17, 15) is 0 Å². The second-order valence-corrected chi connectivity index (χ2v) is 6.74. The third-order valence-electron chi connectivity index (χ3n) is 3.58. The fraction of sp³-hybridized carbons (Fsp3) is 0.294. The average molecular weight is 332 g/mol. The molecule has 0 saturated carbocycles. The fourth-order valence-electron chi connectivity index (χ4n) is 2.35. The normalized spacial score (nSPS) is 16.0. The molecule has 0 fully saturated rings. The van der Waals surface area contributed by atoms with Crippen LogP contribution >= 0.6 is 15.9 Å². The van der Waals surface area contributed by atoms with Crippen molar-refractivity contribution in [3.63, 3.8) is 0 Å². The number of anilines is 1. The first-order valence-electron chi connectivity index (χ1n) is 6.78. The van der Waals surface area contributed by atoms with Crippen LogP contribution in [0.3, 0.4) is 0 Å². The van der Waals surface area contributed by atoms with Crippen LogP contribution in [0.1, 0.15) is 19.4 Å². The molecular formula is C17H18BrNO. The number of nitrogens with one attached hydrogen (secondary N) is 1. The Kier molecular flexibility index (Phi) is 3.25. The number of hydrogen-bond acceptors (Lipinski definition) is 2. The van der Waals surface area contributed by atoms with Gasteiger partial charge >= 0.3 is 0 Å². The standard InChI is InChI=1S/C17H18BrNO/c1-11-4-5-12(8-14(11)18)13-6-7-16-15(9-13)19-10-17(2,3)20-16/h4-9,19H,10H2,1-3H3. The summed E-state index contributed by atoms with van der Waals surface area (Å²) < 4.78 is 7.12. The molecule has 104 valence electrons. The predicted molar refractivity (Wildman–Crippen MR) is 87.5 cm³/mol. The van der Waals surface area contributed by atoms with E-state index in [4.69, 9.17) is 4.74 Å². The van der Waals surface area contributed by atoms with Crippen molar-refractivity contribution in [3.05, 3.63) is 46.4 Å². The van der Waals surface area contributed by atoms with Crippen LogP contribution in [-0.4, -0.2) is 12.1 Å². The lowest BCUT2D eigenvalue weighted by Gasteiger charge is -2.33. The number of aryl methyl sites for hydroxylation is 1. The molecule has 3 rings (SSSR count). The van der Waals surface area contributed by atoms with Crippen molar-refractivity contribution in [1.29, 1.82) is 0 Å². The summed E-state index contributed by atoms with van der Waals surface area (Å²) in [4.78, 5) is 0. The molecule has 3 heteroatoms. The van der Waals surface area contributed by atoms with E-state index in [1.54, 1.807) is 0 Å². The lowest BCUT2D eigenvalue weighted by atomic mass is 10.0. The van der Waals surface area contributed by atoms with E-state index in [1.165, 1.54) is 16.7 Å². The van der Waals surface area contributed by atoms with E-state index in [-0.39, 0.29) is 5.60 Å². The minimum Gasteiger partial charge on any atom is -0.484 e. The number of benzene rings is 2. The number of halogens is 1. The van der Waals surface area contributed by atoms with Gasteiger partial charge in [-0.3, -0.25) is 0 Å². The summed E-state index contributed by atoms with van der Waals surface area (Å²) in [5.74, 6) is 0.927. The zero-order valence-corrected chi connectivity index (χ0v) is 13.5. The molecule has 2 aromatic rings. The molecule has 0 unspecified atom stereocenters. The largest absolute Gasteiger partial charge is 0.484 e. The molecule has 20 heavy (non-hydrogen) atoms. The smallest absolute Gasteiger partial charge is 0.143 e. The first-order chi connectivity index (χ1) is 9.44. The lowest BCUT2D eigenvalue weighted by Crippen LogP contribution is -2.39. The van der Waals surface area contributed by atoms with Gasteiger partial charge in [0, 0.05) is 4.47 Å². The maximum atomic E-state index is 5.98. The zero-order valence-electron chi connectivity index (χ0n) is 12.0. The van der Waals surface area contributed by atoms with Crippen LogP contribution < -0.4 is 10.1 Å². The van der Waals surface area contributed by atoms with E-state index >= 15 is 0 Å². The minimum atomic E-state index is -0.151. The molecule has 1 aliphatic rings. The van der Waals surface area contributed by atoms with Gasteiger partial charge in [-0.1, -0.05) is 34.1 Å². The predicted octanol–water partition coefficient (Wildman–Crippen LogP) is 5.01. The molecule has 1 heterocycles. The Morgan fingerprint density at radius 2 is 1.80 bits per heavy atom. The quantitative estimate of drug-likeness (QED) is 0.793. The molecule has 2 aromatic carbocycles. The minimum absolute atomic E-state index is 0.151. The summed E-state index contributed by atoms with van der Waals surface area (Å²) in [6.07, 6.45) is 0. The van der Waals surface area contributed by atoms with Crippen molar-refractivity contribution >= 4 is 21.6 Å². The summed E-state index contributed by atoms with van der Waals surface area (Å²) >= 11 is 3.59.